The number of allylic oxidation sites excluding steroid dienone is 4. The SMILES string of the molecule is CC/C=C\C(=C1/CCCO1)n1cnc(C)c1. The molecule has 0 radical (unpaired) electrons. The molecule has 1 fully saturated rings. The smallest absolute Gasteiger partial charge is 0.120 e. The number of nitrogens with zero attached hydrogens (tertiary/aromatic N) is 2. The van der Waals surface area contributed by atoms with Crippen molar-refractivity contribution in [3.63, 3.8) is 0 Å². The summed E-state index contributed by atoms with van der Waals surface area (Å²) in [5, 5.41) is 0. The lowest BCUT2D eigenvalue weighted by Gasteiger charge is -2.07. The predicted octanol–water partition coefficient (Wildman–Crippen LogP) is 3.14. The van der Waals surface area contributed by atoms with Gasteiger partial charge in [-0.2, -0.15) is 0 Å². The maximum atomic E-state index is 5.66. The molecule has 16 heavy (non-hydrogen) atoms. The number of hydrogen-bond donors (Lipinski definition) is 0. The summed E-state index contributed by atoms with van der Waals surface area (Å²) in [6.45, 7) is 4.97. The molecule has 0 unspecified atom stereocenters. The molecule has 1 aromatic heterocycles. The highest BCUT2D eigenvalue weighted by molar-refractivity contribution is 5.59. The van der Waals surface area contributed by atoms with Gasteiger partial charge in [0, 0.05) is 12.6 Å². The third kappa shape index (κ3) is 2.35. The fourth-order valence-corrected chi connectivity index (χ4v) is 1.81. The Morgan fingerprint density at radius 3 is 3.06 bits per heavy atom. The molecule has 3 nitrogen and oxygen atoms in total. The zero-order valence-electron chi connectivity index (χ0n) is 9.94. The maximum absolute atomic E-state index is 5.66. The van der Waals surface area contributed by atoms with Gasteiger partial charge >= 0.3 is 0 Å². The molecule has 0 amide bonds. The molecule has 0 atom stereocenters. The van der Waals surface area contributed by atoms with Crippen molar-refractivity contribution in [1.29, 1.82) is 0 Å². The minimum absolute atomic E-state index is 0.840. The minimum Gasteiger partial charge on any atom is -0.496 e. The molecular formula is C13H18N2O. The molecular weight excluding hydrogens is 200 g/mol. The average molecular weight is 218 g/mol. The molecule has 3 heteroatoms. The lowest BCUT2D eigenvalue weighted by atomic mass is 10.2. The minimum atomic E-state index is 0.840. The average Bonchev–Trinajstić information content (AvgIpc) is 2.91. The quantitative estimate of drug-likeness (QED) is 0.779. The van der Waals surface area contributed by atoms with Gasteiger partial charge in [-0.1, -0.05) is 13.0 Å². The summed E-state index contributed by atoms with van der Waals surface area (Å²) in [5.41, 5.74) is 2.15. The van der Waals surface area contributed by atoms with Crippen LogP contribution in [0, 0.1) is 6.92 Å². The summed E-state index contributed by atoms with van der Waals surface area (Å²) in [7, 11) is 0. The standard InChI is InChI=1S/C13H18N2O/c1-3-4-6-12(13-7-5-8-16-13)15-9-11(2)14-10-15/h4,6,9-10H,3,5,7-8H2,1-2H3/b6-4-,13-12-. The molecule has 0 aliphatic carbocycles. The number of imidazole rings is 1. The van der Waals surface area contributed by atoms with Crippen LogP contribution in [0.1, 0.15) is 31.9 Å². The highest BCUT2D eigenvalue weighted by Crippen LogP contribution is 2.24. The monoisotopic (exact) mass is 218 g/mol. The van der Waals surface area contributed by atoms with E-state index < -0.39 is 0 Å². The first-order valence-corrected chi connectivity index (χ1v) is 5.84. The van der Waals surface area contributed by atoms with Crippen LogP contribution in [-0.2, 0) is 4.74 Å². The van der Waals surface area contributed by atoms with E-state index in [1.54, 1.807) is 0 Å². The van der Waals surface area contributed by atoms with E-state index in [-0.39, 0.29) is 0 Å². The van der Waals surface area contributed by atoms with Gasteiger partial charge in [0.2, 0.25) is 0 Å². The van der Waals surface area contributed by atoms with Crippen molar-refractivity contribution in [2.24, 2.45) is 0 Å². The Kier molecular flexibility index (Phi) is 3.44. The molecule has 2 rings (SSSR count). The molecule has 2 heterocycles. The van der Waals surface area contributed by atoms with Crippen LogP contribution in [0.5, 0.6) is 0 Å². The predicted molar refractivity (Wildman–Crippen MR) is 64.8 cm³/mol. The molecule has 0 N–H and O–H groups in total. The summed E-state index contributed by atoms with van der Waals surface area (Å²) in [6.07, 6.45) is 11.3. The van der Waals surface area contributed by atoms with Crippen molar-refractivity contribution >= 4 is 5.70 Å². The Bertz CT molecular complexity index is 407. The van der Waals surface area contributed by atoms with Gasteiger partial charge in [0.05, 0.1) is 24.3 Å². The highest BCUT2D eigenvalue weighted by atomic mass is 16.5. The Balaban J connectivity index is 2.34. The number of aromatic nitrogens is 2. The summed E-state index contributed by atoms with van der Waals surface area (Å²) in [4.78, 5) is 4.26. The van der Waals surface area contributed by atoms with Crippen LogP contribution in [0.25, 0.3) is 5.70 Å². The first kappa shape index (κ1) is 11.0. The molecule has 1 aliphatic rings. The first-order valence-electron chi connectivity index (χ1n) is 5.84. The van der Waals surface area contributed by atoms with Gasteiger partial charge in [-0.3, -0.25) is 0 Å². The van der Waals surface area contributed by atoms with Crippen molar-refractivity contribution in [2.75, 3.05) is 6.61 Å². The van der Waals surface area contributed by atoms with Crippen LogP contribution in [0.2, 0.25) is 0 Å². The Morgan fingerprint density at radius 1 is 1.62 bits per heavy atom. The van der Waals surface area contributed by atoms with E-state index in [1.165, 1.54) is 0 Å². The zero-order chi connectivity index (χ0) is 11.4. The Morgan fingerprint density at radius 2 is 2.50 bits per heavy atom. The van der Waals surface area contributed by atoms with E-state index in [0.29, 0.717) is 0 Å². The molecule has 0 aromatic carbocycles. The van der Waals surface area contributed by atoms with E-state index in [0.717, 1.165) is 43.0 Å². The van der Waals surface area contributed by atoms with Crippen molar-refractivity contribution in [1.82, 2.24) is 9.55 Å². The van der Waals surface area contributed by atoms with Crippen LogP contribution >= 0.6 is 0 Å². The van der Waals surface area contributed by atoms with Crippen LogP contribution in [0.15, 0.2) is 30.4 Å². The maximum Gasteiger partial charge on any atom is 0.120 e. The summed E-state index contributed by atoms with van der Waals surface area (Å²) in [6, 6.07) is 0. The van der Waals surface area contributed by atoms with Gasteiger partial charge in [-0.05, 0) is 25.8 Å². The molecule has 1 aromatic rings. The molecule has 0 saturated carbocycles. The van der Waals surface area contributed by atoms with E-state index in [1.807, 2.05) is 24.0 Å². The summed E-state index contributed by atoms with van der Waals surface area (Å²) >= 11 is 0. The largest absolute Gasteiger partial charge is 0.496 e. The number of hydrogen-bond acceptors (Lipinski definition) is 2. The van der Waals surface area contributed by atoms with E-state index in [2.05, 4.69) is 24.1 Å². The number of ether oxygens (including phenoxy) is 1. The number of rotatable bonds is 3. The molecule has 0 bridgehead atoms. The van der Waals surface area contributed by atoms with Crippen LogP contribution in [0.3, 0.4) is 0 Å². The summed E-state index contributed by atoms with van der Waals surface area (Å²) < 4.78 is 7.70. The molecule has 1 aliphatic heterocycles. The molecule has 1 saturated heterocycles. The van der Waals surface area contributed by atoms with E-state index >= 15 is 0 Å². The van der Waals surface area contributed by atoms with Gasteiger partial charge in [0.1, 0.15) is 5.76 Å². The van der Waals surface area contributed by atoms with Crippen molar-refractivity contribution in [2.45, 2.75) is 33.1 Å². The third-order valence-electron chi connectivity index (χ3n) is 2.61. The second kappa shape index (κ2) is 5.01. The summed E-state index contributed by atoms with van der Waals surface area (Å²) in [5.74, 6) is 1.09. The molecule has 0 spiro atoms. The van der Waals surface area contributed by atoms with Gasteiger partial charge in [0.25, 0.3) is 0 Å². The number of aryl methyl sites for hydroxylation is 1. The normalized spacial score (nSPS) is 19.1. The Labute approximate surface area is 96.4 Å². The van der Waals surface area contributed by atoms with Gasteiger partial charge in [-0.25, -0.2) is 4.98 Å². The Hall–Kier alpha value is -1.51. The molecule has 86 valence electrons. The first-order chi connectivity index (χ1) is 7.81. The lowest BCUT2D eigenvalue weighted by molar-refractivity contribution is 0.264. The second-order valence-corrected chi connectivity index (χ2v) is 3.99. The topological polar surface area (TPSA) is 27.1 Å². The lowest BCUT2D eigenvalue weighted by Crippen LogP contribution is -1.96. The fourth-order valence-electron chi connectivity index (χ4n) is 1.81. The van der Waals surface area contributed by atoms with Gasteiger partial charge < -0.3 is 9.30 Å². The zero-order valence-corrected chi connectivity index (χ0v) is 9.94. The van der Waals surface area contributed by atoms with Gasteiger partial charge in [-0.15, -0.1) is 0 Å². The van der Waals surface area contributed by atoms with Crippen LogP contribution in [0.4, 0.5) is 0 Å². The van der Waals surface area contributed by atoms with Crippen LogP contribution < -0.4 is 0 Å². The fraction of sp³-hybridized carbons (Fsp3) is 0.462. The van der Waals surface area contributed by atoms with Gasteiger partial charge in [0.15, 0.2) is 0 Å². The van der Waals surface area contributed by atoms with E-state index in [9.17, 15) is 0 Å². The van der Waals surface area contributed by atoms with E-state index in [4.69, 9.17) is 4.74 Å². The van der Waals surface area contributed by atoms with Crippen molar-refractivity contribution in [3.05, 3.63) is 36.1 Å². The van der Waals surface area contributed by atoms with Crippen molar-refractivity contribution < 1.29 is 4.74 Å². The second-order valence-electron chi connectivity index (χ2n) is 3.99. The van der Waals surface area contributed by atoms with Crippen molar-refractivity contribution in [3.8, 4) is 0 Å². The van der Waals surface area contributed by atoms with Crippen LogP contribution in [-0.4, -0.2) is 16.2 Å². The highest BCUT2D eigenvalue weighted by Gasteiger charge is 2.13. The third-order valence-corrected chi connectivity index (χ3v) is 2.61.